The van der Waals surface area contributed by atoms with Gasteiger partial charge in [0.2, 0.25) is 6.79 Å². The van der Waals surface area contributed by atoms with Crippen LogP contribution < -0.4 is 14.2 Å². The molecule has 0 bridgehead atoms. The van der Waals surface area contributed by atoms with E-state index in [-0.39, 0.29) is 25.9 Å². The third-order valence-corrected chi connectivity index (χ3v) is 4.34. The monoisotopic (exact) mass is 385 g/mol. The molecule has 0 atom stereocenters. The van der Waals surface area contributed by atoms with Crippen LogP contribution in [0.4, 0.5) is 0 Å². The van der Waals surface area contributed by atoms with Crippen molar-refractivity contribution in [1.82, 2.24) is 4.90 Å². The lowest BCUT2D eigenvalue weighted by Crippen LogP contribution is -2.34. The fourth-order valence-electron chi connectivity index (χ4n) is 2.77. The quantitative estimate of drug-likeness (QED) is 0.651. The number of fused-ring (bicyclic) bond motifs is 1. The molecule has 7 nitrogen and oxygen atoms in total. The Balaban J connectivity index is 1.47. The van der Waals surface area contributed by atoms with Gasteiger partial charge in [-0.2, -0.15) is 0 Å². The van der Waals surface area contributed by atoms with Gasteiger partial charge in [0.15, 0.2) is 24.7 Å². The summed E-state index contributed by atoms with van der Waals surface area (Å²) >= 11 is 0. The Bertz CT molecular complexity index is 851. The lowest BCUT2D eigenvalue weighted by Gasteiger charge is -2.21. The van der Waals surface area contributed by atoms with Crippen molar-refractivity contribution >= 4 is 11.9 Å². The second kappa shape index (κ2) is 9.12. The predicted octanol–water partition coefficient (Wildman–Crippen LogP) is 2.69. The third-order valence-electron chi connectivity index (χ3n) is 4.34. The van der Waals surface area contributed by atoms with Gasteiger partial charge < -0.3 is 23.8 Å². The molecule has 0 saturated heterocycles. The third kappa shape index (κ3) is 4.94. The average Bonchev–Trinajstić information content (AvgIpc) is 3.17. The Morgan fingerprint density at radius 2 is 1.86 bits per heavy atom. The Morgan fingerprint density at radius 3 is 2.64 bits per heavy atom. The van der Waals surface area contributed by atoms with Crippen molar-refractivity contribution in [1.29, 1.82) is 0 Å². The molecule has 0 N–H and O–H groups in total. The van der Waals surface area contributed by atoms with Crippen LogP contribution in [0, 0.1) is 6.92 Å². The highest BCUT2D eigenvalue weighted by atomic mass is 16.7. The van der Waals surface area contributed by atoms with E-state index in [0.29, 0.717) is 30.3 Å². The zero-order valence-corrected chi connectivity index (χ0v) is 16.0. The number of benzene rings is 2. The van der Waals surface area contributed by atoms with E-state index in [1.807, 2.05) is 50.2 Å². The van der Waals surface area contributed by atoms with E-state index in [0.717, 1.165) is 11.1 Å². The van der Waals surface area contributed by atoms with Crippen molar-refractivity contribution in [3.63, 3.8) is 0 Å². The first-order valence-electron chi connectivity index (χ1n) is 9.07. The summed E-state index contributed by atoms with van der Waals surface area (Å²) in [5.41, 5.74) is 1.83. The van der Waals surface area contributed by atoms with E-state index < -0.39 is 5.97 Å². The largest absolute Gasteiger partial charge is 0.482 e. The number of hydrogen-bond donors (Lipinski definition) is 0. The summed E-state index contributed by atoms with van der Waals surface area (Å²) in [6.07, 6.45) is 0. The maximum absolute atomic E-state index is 12.4. The highest BCUT2D eigenvalue weighted by Gasteiger charge is 2.18. The Kier molecular flexibility index (Phi) is 6.37. The lowest BCUT2D eigenvalue weighted by molar-refractivity contribution is -0.153. The Labute approximate surface area is 163 Å². The number of para-hydroxylation sites is 1. The number of esters is 1. The number of rotatable bonds is 8. The van der Waals surface area contributed by atoms with Crippen LogP contribution in [0.15, 0.2) is 42.5 Å². The molecular weight excluding hydrogens is 362 g/mol. The zero-order valence-electron chi connectivity index (χ0n) is 16.0. The summed E-state index contributed by atoms with van der Waals surface area (Å²) in [5, 5.41) is 0. The molecule has 0 saturated carbocycles. The molecule has 3 rings (SSSR count). The molecule has 0 aliphatic carbocycles. The van der Waals surface area contributed by atoms with Gasteiger partial charge in [-0.25, -0.2) is 4.79 Å². The van der Waals surface area contributed by atoms with Crippen LogP contribution in [0.1, 0.15) is 18.1 Å². The van der Waals surface area contributed by atoms with E-state index in [9.17, 15) is 9.59 Å². The molecule has 7 heteroatoms. The fourth-order valence-corrected chi connectivity index (χ4v) is 2.77. The van der Waals surface area contributed by atoms with Gasteiger partial charge in [0.25, 0.3) is 5.91 Å². The molecule has 148 valence electrons. The molecule has 2 aromatic carbocycles. The summed E-state index contributed by atoms with van der Waals surface area (Å²) in [6.45, 7) is 4.28. The lowest BCUT2D eigenvalue weighted by atomic mass is 10.2. The maximum Gasteiger partial charge on any atom is 0.344 e. The second-order valence-corrected chi connectivity index (χ2v) is 6.31. The number of amides is 1. The predicted molar refractivity (Wildman–Crippen MR) is 101 cm³/mol. The number of ether oxygens (including phenoxy) is 4. The minimum absolute atomic E-state index is 0.204. The van der Waals surface area contributed by atoms with Crippen molar-refractivity contribution in [2.75, 3.05) is 26.6 Å². The van der Waals surface area contributed by atoms with Gasteiger partial charge in [0.05, 0.1) is 0 Å². The number of likely N-dealkylation sites (N-methyl/N-ethyl adjacent to an activating group) is 1. The van der Waals surface area contributed by atoms with Crippen molar-refractivity contribution in [2.24, 2.45) is 0 Å². The number of aryl methyl sites for hydroxylation is 1. The molecule has 28 heavy (non-hydrogen) atoms. The van der Waals surface area contributed by atoms with Gasteiger partial charge in [-0.3, -0.25) is 4.79 Å². The standard InChI is InChI=1S/C21H23NO6/c1-3-22(11-16-8-9-18-19(10-16)28-14-27-18)20(23)12-26-21(24)13-25-17-7-5-4-6-15(17)2/h4-10H,3,11-14H2,1-2H3. The first kappa shape index (κ1) is 19.5. The molecule has 1 aliphatic rings. The van der Waals surface area contributed by atoms with Gasteiger partial charge in [-0.1, -0.05) is 24.3 Å². The molecule has 1 heterocycles. The summed E-state index contributed by atoms with van der Waals surface area (Å²) in [6, 6.07) is 12.9. The van der Waals surface area contributed by atoms with E-state index >= 15 is 0 Å². The number of nitrogens with zero attached hydrogens (tertiary/aromatic N) is 1. The first-order chi connectivity index (χ1) is 13.6. The molecule has 0 fully saturated rings. The smallest absolute Gasteiger partial charge is 0.344 e. The number of carbonyl (C=O) groups excluding carboxylic acids is 2. The topological polar surface area (TPSA) is 74.3 Å². The van der Waals surface area contributed by atoms with Crippen LogP contribution in [0.5, 0.6) is 17.2 Å². The van der Waals surface area contributed by atoms with Crippen LogP contribution in [-0.4, -0.2) is 43.3 Å². The van der Waals surface area contributed by atoms with Crippen LogP contribution in [0.25, 0.3) is 0 Å². The molecule has 0 aromatic heterocycles. The number of carbonyl (C=O) groups is 2. The van der Waals surface area contributed by atoms with Gasteiger partial charge in [0.1, 0.15) is 5.75 Å². The summed E-state index contributed by atoms with van der Waals surface area (Å²) < 4.78 is 21.1. The van der Waals surface area contributed by atoms with Gasteiger partial charge in [0, 0.05) is 13.1 Å². The van der Waals surface area contributed by atoms with Crippen molar-refractivity contribution in [3.05, 3.63) is 53.6 Å². The minimum Gasteiger partial charge on any atom is -0.482 e. The molecule has 0 unspecified atom stereocenters. The van der Waals surface area contributed by atoms with E-state index in [4.69, 9.17) is 18.9 Å². The highest BCUT2D eigenvalue weighted by Crippen LogP contribution is 2.32. The molecule has 1 amide bonds. The summed E-state index contributed by atoms with van der Waals surface area (Å²) in [4.78, 5) is 25.9. The zero-order chi connectivity index (χ0) is 19.9. The van der Waals surface area contributed by atoms with Gasteiger partial charge in [-0.05, 0) is 43.2 Å². The van der Waals surface area contributed by atoms with Crippen LogP contribution in [-0.2, 0) is 20.9 Å². The van der Waals surface area contributed by atoms with Crippen molar-refractivity contribution in [2.45, 2.75) is 20.4 Å². The minimum atomic E-state index is -0.587. The van der Waals surface area contributed by atoms with Crippen LogP contribution in [0.3, 0.4) is 0 Å². The van der Waals surface area contributed by atoms with E-state index in [2.05, 4.69) is 0 Å². The molecule has 1 aliphatic heterocycles. The SMILES string of the molecule is CCN(Cc1ccc2c(c1)OCO2)C(=O)COC(=O)COc1ccccc1C. The van der Waals surface area contributed by atoms with E-state index in [1.54, 1.807) is 11.0 Å². The summed E-state index contributed by atoms with van der Waals surface area (Å²) in [7, 11) is 0. The fraction of sp³-hybridized carbons (Fsp3) is 0.333. The van der Waals surface area contributed by atoms with E-state index in [1.165, 1.54) is 0 Å². The maximum atomic E-state index is 12.4. The van der Waals surface area contributed by atoms with Gasteiger partial charge >= 0.3 is 5.97 Å². The molecule has 2 aromatic rings. The summed E-state index contributed by atoms with van der Waals surface area (Å²) in [5.74, 6) is 1.12. The average molecular weight is 385 g/mol. The molecule has 0 spiro atoms. The second-order valence-electron chi connectivity index (χ2n) is 6.31. The van der Waals surface area contributed by atoms with Crippen LogP contribution >= 0.6 is 0 Å². The van der Waals surface area contributed by atoms with Gasteiger partial charge in [-0.15, -0.1) is 0 Å². The highest BCUT2D eigenvalue weighted by molar-refractivity contribution is 5.81. The normalized spacial score (nSPS) is 11.8. The number of hydrogen-bond acceptors (Lipinski definition) is 6. The Hall–Kier alpha value is -3.22. The Morgan fingerprint density at radius 1 is 1.07 bits per heavy atom. The van der Waals surface area contributed by atoms with Crippen molar-refractivity contribution in [3.8, 4) is 17.2 Å². The van der Waals surface area contributed by atoms with Crippen molar-refractivity contribution < 1.29 is 28.5 Å². The first-order valence-corrected chi connectivity index (χ1v) is 9.07. The van der Waals surface area contributed by atoms with Crippen LogP contribution in [0.2, 0.25) is 0 Å². The molecule has 0 radical (unpaired) electrons. The molecular formula is C21H23NO6.